The average Bonchev–Trinajstić information content (AvgIpc) is 2.80. The van der Waals surface area contributed by atoms with Gasteiger partial charge in [0.2, 0.25) is 0 Å². The van der Waals surface area contributed by atoms with Crippen LogP contribution in [0.3, 0.4) is 0 Å². The molecule has 0 bridgehead atoms. The summed E-state index contributed by atoms with van der Waals surface area (Å²) in [6.07, 6.45) is 4.96. The minimum atomic E-state index is -0.880. The van der Waals surface area contributed by atoms with Crippen molar-refractivity contribution in [1.29, 1.82) is 0 Å². The molecule has 104 valence electrons. The predicted octanol–water partition coefficient (Wildman–Crippen LogP) is 2.30. The number of carbonyl (C=O) groups is 1. The monoisotopic (exact) mass is 282 g/mol. The fraction of sp³-hybridized carbons (Fsp3) is 0.692. The quantitative estimate of drug-likeness (QED) is 0.901. The van der Waals surface area contributed by atoms with E-state index in [1.165, 1.54) is 24.2 Å². The summed E-state index contributed by atoms with van der Waals surface area (Å²) in [5.74, 6) is -0.880. The normalized spacial score (nSPS) is 27.1. The highest BCUT2D eigenvalue weighted by molar-refractivity contribution is 7.17. The fourth-order valence-corrected chi connectivity index (χ4v) is 4.03. The molecule has 19 heavy (non-hydrogen) atoms. The number of hydrogen-bond acceptors (Lipinski definition) is 5. The number of aromatic nitrogens is 1. The van der Waals surface area contributed by atoms with Crippen molar-refractivity contribution in [1.82, 2.24) is 4.98 Å². The maximum Gasteiger partial charge on any atom is 0.347 e. The first-order valence-electron chi connectivity index (χ1n) is 6.76. The molecule has 6 heteroatoms. The summed E-state index contributed by atoms with van der Waals surface area (Å²) in [4.78, 5) is 18.2. The number of fused-ring (bicyclic) bond motifs is 1. The number of rotatable bonds is 2. The molecule has 2 aliphatic rings. The van der Waals surface area contributed by atoms with Crippen LogP contribution in [0.2, 0.25) is 0 Å². The van der Waals surface area contributed by atoms with Crippen molar-refractivity contribution in [2.24, 2.45) is 0 Å². The van der Waals surface area contributed by atoms with Crippen LogP contribution in [0.5, 0.6) is 0 Å². The van der Waals surface area contributed by atoms with Gasteiger partial charge < -0.3 is 14.7 Å². The lowest BCUT2D eigenvalue weighted by Crippen LogP contribution is -2.52. The van der Waals surface area contributed by atoms with Crippen LogP contribution in [-0.2, 0) is 4.74 Å². The second-order valence-electron chi connectivity index (χ2n) is 5.17. The van der Waals surface area contributed by atoms with Crippen molar-refractivity contribution >= 4 is 22.4 Å². The van der Waals surface area contributed by atoms with E-state index in [9.17, 15) is 4.79 Å². The van der Waals surface area contributed by atoms with Crippen LogP contribution >= 0.6 is 11.3 Å². The van der Waals surface area contributed by atoms with Crippen LogP contribution in [0.4, 0.5) is 5.13 Å². The van der Waals surface area contributed by atoms with Gasteiger partial charge in [0.1, 0.15) is 4.88 Å². The molecular formula is C13H18N2O3S. The van der Waals surface area contributed by atoms with E-state index in [2.05, 4.69) is 9.88 Å². The molecule has 1 N–H and O–H groups in total. The first-order valence-corrected chi connectivity index (χ1v) is 7.57. The van der Waals surface area contributed by atoms with E-state index in [1.807, 2.05) is 0 Å². The highest BCUT2D eigenvalue weighted by atomic mass is 32.1. The van der Waals surface area contributed by atoms with E-state index < -0.39 is 5.97 Å². The van der Waals surface area contributed by atoms with Crippen LogP contribution in [0.15, 0.2) is 0 Å². The van der Waals surface area contributed by atoms with Gasteiger partial charge in [-0.05, 0) is 19.8 Å². The molecule has 1 aliphatic carbocycles. The molecule has 0 radical (unpaired) electrons. The second kappa shape index (κ2) is 5.09. The van der Waals surface area contributed by atoms with Gasteiger partial charge in [-0.1, -0.05) is 24.2 Å². The Kier molecular flexibility index (Phi) is 3.45. The maximum absolute atomic E-state index is 11.1. The van der Waals surface area contributed by atoms with Gasteiger partial charge in [-0.15, -0.1) is 0 Å². The minimum absolute atomic E-state index is 0.292. The molecule has 2 unspecified atom stereocenters. The lowest BCUT2D eigenvalue weighted by atomic mass is 9.90. The third kappa shape index (κ3) is 2.34. The van der Waals surface area contributed by atoms with E-state index >= 15 is 0 Å². The Balaban J connectivity index is 1.87. The highest BCUT2D eigenvalue weighted by Crippen LogP contribution is 2.35. The van der Waals surface area contributed by atoms with Gasteiger partial charge in [0.15, 0.2) is 5.13 Å². The van der Waals surface area contributed by atoms with E-state index in [1.54, 1.807) is 6.92 Å². The first kappa shape index (κ1) is 12.9. The Labute approximate surface area is 116 Å². The molecule has 2 atom stereocenters. The number of nitrogens with zero attached hydrogens (tertiary/aromatic N) is 2. The molecule has 1 aromatic rings. The van der Waals surface area contributed by atoms with Gasteiger partial charge in [0.25, 0.3) is 0 Å². The average molecular weight is 282 g/mol. The molecule has 0 amide bonds. The number of carboxylic acids is 1. The SMILES string of the molecule is Cc1nc(N2CCOC3CCCCC32)sc1C(=O)O. The van der Waals surface area contributed by atoms with Crippen molar-refractivity contribution in [3.05, 3.63) is 10.6 Å². The van der Waals surface area contributed by atoms with E-state index in [0.29, 0.717) is 29.3 Å². The molecule has 2 heterocycles. The predicted molar refractivity (Wildman–Crippen MR) is 73.2 cm³/mol. The molecule has 1 aliphatic heterocycles. The van der Waals surface area contributed by atoms with Crippen molar-refractivity contribution in [2.75, 3.05) is 18.1 Å². The third-order valence-electron chi connectivity index (χ3n) is 3.96. The summed E-state index contributed by atoms with van der Waals surface area (Å²) in [7, 11) is 0. The van der Waals surface area contributed by atoms with Crippen LogP contribution in [0, 0.1) is 6.92 Å². The Morgan fingerprint density at radius 3 is 3.00 bits per heavy atom. The Bertz CT molecular complexity index is 486. The smallest absolute Gasteiger partial charge is 0.347 e. The number of morpholine rings is 1. The van der Waals surface area contributed by atoms with Crippen molar-refractivity contribution in [3.63, 3.8) is 0 Å². The molecule has 5 nitrogen and oxygen atoms in total. The zero-order valence-corrected chi connectivity index (χ0v) is 11.8. The number of ether oxygens (including phenoxy) is 1. The molecule has 2 fully saturated rings. The molecule has 0 aromatic carbocycles. The van der Waals surface area contributed by atoms with Crippen LogP contribution < -0.4 is 4.90 Å². The molecule has 1 aromatic heterocycles. The number of anilines is 1. The van der Waals surface area contributed by atoms with Gasteiger partial charge in [0.05, 0.1) is 24.4 Å². The molecule has 3 rings (SSSR count). The van der Waals surface area contributed by atoms with Crippen molar-refractivity contribution in [2.45, 2.75) is 44.8 Å². The Morgan fingerprint density at radius 2 is 2.26 bits per heavy atom. The number of aryl methyl sites for hydroxylation is 1. The highest BCUT2D eigenvalue weighted by Gasteiger charge is 2.36. The molecular weight excluding hydrogens is 264 g/mol. The summed E-state index contributed by atoms with van der Waals surface area (Å²) in [6, 6.07) is 0.370. The topological polar surface area (TPSA) is 62.7 Å². The first-order chi connectivity index (χ1) is 9.16. The van der Waals surface area contributed by atoms with Gasteiger partial charge in [-0.2, -0.15) is 0 Å². The zero-order chi connectivity index (χ0) is 13.4. The van der Waals surface area contributed by atoms with Crippen molar-refractivity contribution in [3.8, 4) is 0 Å². The summed E-state index contributed by atoms with van der Waals surface area (Å²) in [6.45, 7) is 3.29. The molecule has 1 saturated heterocycles. The number of carboxylic acid groups (broad SMARTS) is 1. The lowest BCUT2D eigenvalue weighted by molar-refractivity contribution is -0.00869. The zero-order valence-electron chi connectivity index (χ0n) is 11.0. The van der Waals surface area contributed by atoms with E-state index in [4.69, 9.17) is 9.84 Å². The number of thiazole rings is 1. The van der Waals surface area contributed by atoms with Crippen LogP contribution in [0.25, 0.3) is 0 Å². The Hall–Kier alpha value is -1.14. The van der Waals surface area contributed by atoms with Gasteiger partial charge in [-0.25, -0.2) is 9.78 Å². The summed E-state index contributed by atoms with van der Waals surface area (Å²) in [5.41, 5.74) is 0.617. The summed E-state index contributed by atoms with van der Waals surface area (Å²) >= 11 is 1.29. The lowest BCUT2D eigenvalue weighted by Gasteiger charge is -2.43. The standard InChI is InChI=1S/C13H18N2O3S/c1-8-11(12(16)17)19-13(14-8)15-6-7-18-10-5-3-2-4-9(10)15/h9-10H,2-7H2,1H3,(H,16,17). The van der Waals surface area contributed by atoms with Gasteiger partial charge >= 0.3 is 5.97 Å². The largest absolute Gasteiger partial charge is 0.477 e. The van der Waals surface area contributed by atoms with Crippen LogP contribution in [-0.4, -0.2) is 41.4 Å². The van der Waals surface area contributed by atoms with E-state index in [0.717, 1.165) is 24.5 Å². The molecule has 0 spiro atoms. The maximum atomic E-state index is 11.1. The molecule has 1 saturated carbocycles. The summed E-state index contributed by atoms with van der Waals surface area (Å²) in [5, 5.41) is 9.98. The fourth-order valence-electron chi connectivity index (χ4n) is 3.04. The third-order valence-corrected chi connectivity index (χ3v) is 5.14. The van der Waals surface area contributed by atoms with E-state index in [-0.39, 0.29) is 0 Å². The van der Waals surface area contributed by atoms with Gasteiger partial charge in [-0.3, -0.25) is 0 Å². The Morgan fingerprint density at radius 1 is 1.47 bits per heavy atom. The van der Waals surface area contributed by atoms with Gasteiger partial charge in [0, 0.05) is 6.54 Å². The number of aromatic carboxylic acids is 1. The van der Waals surface area contributed by atoms with Crippen molar-refractivity contribution < 1.29 is 14.6 Å². The summed E-state index contributed by atoms with van der Waals surface area (Å²) < 4.78 is 5.84. The minimum Gasteiger partial charge on any atom is -0.477 e. The van der Waals surface area contributed by atoms with Crippen LogP contribution in [0.1, 0.15) is 41.0 Å². The number of hydrogen-bond donors (Lipinski definition) is 1. The second-order valence-corrected chi connectivity index (χ2v) is 6.15.